The van der Waals surface area contributed by atoms with E-state index >= 15 is 0 Å². The molecule has 5 nitrogen and oxygen atoms in total. The first kappa shape index (κ1) is 16.3. The van der Waals surface area contributed by atoms with E-state index in [1.807, 2.05) is 12.1 Å². The zero-order valence-corrected chi connectivity index (χ0v) is 13.8. The largest absolute Gasteiger partial charge is 0.481 e. The van der Waals surface area contributed by atoms with Crippen LogP contribution < -0.4 is 0 Å². The first-order chi connectivity index (χ1) is 10.9. The molecule has 124 valence electrons. The topological polar surface area (TPSA) is 66.8 Å². The van der Waals surface area contributed by atoms with Crippen molar-refractivity contribution in [2.45, 2.75) is 24.7 Å². The average Bonchev–Trinajstić information content (AvgIpc) is 3.22. The third-order valence-electron chi connectivity index (χ3n) is 5.07. The van der Waals surface area contributed by atoms with Crippen molar-refractivity contribution in [2.24, 2.45) is 5.41 Å². The molecule has 2 fully saturated rings. The summed E-state index contributed by atoms with van der Waals surface area (Å²) in [6.45, 7) is 0.800. The molecule has 0 radical (unpaired) electrons. The summed E-state index contributed by atoms with van der Waals surface area (Å²) >= 11 is 5.92. The van der Waals surface area contributed by atoms with Crippen molar-refractivity contribution in [1.82, 2.24) is 4.90 Å². The second-order valence-corrected chi connectivity index (χ2v) is 7.02. The lowest BCUT2D eigenvalue weighted by Gasteiger charge is -2.26. The maximum absolute atomic E-state index is 13.0. The molecule has 1 heterocycles. The molecule has 6 heteroatoms. The number of likely N-dealkylation sites (tertiary alicyclic amines) is 1. The van der Waals surface area contributed by atoms with Gasteiger partial charge in [-0.25, -0.2) is 0 Å². The van der Waals surface area contributed by atoms with Crippen molar-refractivity contribution in [3.63, 3.8) is 0 Å². The Bertz CT molecular complexity index is 626. The Balaban J connectivity index is 1.79. The second kappa shape index (κ2) is 5.80. The van der Waals surface area contributed by atoms with Gasteiger partial charge in [-0.15, -0.1) is 0 Å². The molecule has 0 bridgehead atoms. The minimum Gasteiger partial charge on any atom is -0.481 e. The van der Waals surface area contributed by atoms with E-state index in [4.69, 9.17) is 16.3 Å². The van der Waals surface area contributed by atoms with Crippen molar-refractivity contribution < 1.29 is 19.4 Å². The Labute approximate surface area is 140 Å². The van der Waals surface area contributed by atoms with Crippen LogP contribution in [0.15, 0.2) is 24.3 Å². The minimum absolute atomic E-state index is 0.0269. The molecule has 1 N–H and O–H groups in total. The molecular weight excluding hydrogens is 318 g/mol. The van der Waals surface area contributed by atoms with Crippen LogP contribution in [0.3, 0.4) is 0 Å². The van der Waals surface area contributed by atoms with E-state index < -0.39 is 16.8 Å². The van der Waals surface area contributed by atoms with Crippen molar-refractivity contribution in [3.05, 3.63) is 34.9 Å². The summed E-state index contributed by atoms with van der Waals surface area (Å²) in [5.41, 5.74) is -0.515. The van der Waals surface area contributed by atoms with Crippen LogP contribution in [-0.4, -0.2) is 48.7 Å². The van der Waals surface area contributed by atoms with Gasteiger partial charge in [-0.3, -0.25) is 9.59 Å². The molecule has 1 unspecified atom stereocenters. The van der Waals surface area contributed by atoms with Crippen LogP contribution in [0, 0.1) is 5.41 Å². The first-order valence-electron chi connectivity index (χ1n) is 7.71. The fourth-order valence-corrected chi connectivity index (χ4v) is 3.62. The highest BCUT2D eigenvalue weighted by Crippen LogP contribution is 2.51. The predicted octanol–water partition coefficient (Wildman–Crippen LogP) is 2.32. The van der Waals surface area contributed by atoms with Gasteiger partial charge in [-0.1, -0.05) is 23.7 Å². The van der Waals surface area contributed by atoms with Gasteiger partial charge in [0.15, 0.2) is 0 Å². The van der Waals surface area contributed by atoms with Crippen LogP contribution in [0.25, 0.3) is 0 Å². The van der Waals surface area contributed by atoms with E-state index in [1.165, 1.54) is 7.11 Å². The monoisotopic (exact) mass is 337 g/mol. The molecule has 1 aromatic rings. The van der Waals surface area contributed by atoms with E-state index in [9.17, 15) is 14.7 Å². The number of methoxy groups -OCH3 is 1. The number of carboxylic acid groups (broad SMARTS) is 1. The van der Waals surface area contributed by atoms with E-state index in [0.717, 1.165) is 18.4 Å². The van der Waals surface area contributed by atoms with Gasteiger partial charge in [0.1, 0.15) is 5.41 Å². The normalized spacial score (nSPS) is 25.4. The lowest BCUT2D eigenvalue weighted by molar-refractivity contribution is -0.151. The Morgan fingerprint density at radius 2 is 1.91 bits per heavy atom. The molecule has 1 aromatic carbocycles. The highest BCUT2D eigenvalue weighted by atomic mass is 35.5. The van der Waals surface area contributed by atoms with Crippen LogP contribution in [0.4, 0.5) is 0 Å². The predicted molar refractivity (Wildman–Crippen MR) is 85.5 cm³/mol. The Morgan fingerprint density at radius 1 is 1.26 bits per heavy atom. The summed E-state index contributed by atoms with van der Waals surface area (Å²) < 4.78 is 5.08. The number of carboxylic acids is 1. The van der Waals surface area contributed by atoms with Gasteiger partial charge >= 0.3 is 5.97 Å². The highest BCUT2D eigenvalue weighted by Gasteiger charge is 2.56. The number of carbonyl (C=O) groups excluding carboxylic acids is 1. The zero-order valence-electron chi connectivity index (χ0n) is 13.0. The van der Waals surface area contributed by atoms with Crippen molar-refractivity contribution in [1.29, 1.82) is 0 Å². The molecular formula is C17H20ClNO4. The lowest BCUT2D eigenvalue weighted by Crippen LogP contribution is -2.43. The quantitative estimate of drug-likeness (QED) is 0.895. The van der Waals surface area contributed by atoms with Crippen molar-refractivity contribution >= 4 is 23.5 Å². The Morgan fingerprint density at radius 3 is 2.43 bits per heavy atom. The molecule has 1 atom stereocenters. The van der Waals surface area contributed by atoms with E-state index in [0.29, 0.717) is 18.0 Å². The van der Waals surface area contributed by atoms with E-state index in [-0.39, 0.29) is 19.1 Å². The summed E-state index contributed by atoms with van der Waals surface area (Å²) in [5, 5.41) is 10.2. The number of benzene rings is 1. The van der Waals surface area contributed by atoms with Gasteiger partial charge in [0.2, 0.25) is 5.91 Å². The number of ether oxygens (including phenoxy) is 1. The molecule has 1 aliphatic heterocycles. The van der Waals surface area contributed by atoms with Crippen molar-refractivity contribution in [2.75, 3.05) is 26.8 Å². The van der Waals surface area contributed by atoms with Crippen LogP contribution in [0.2, 0.25) is 5.02 Å². The molecule has 1 aliphatic carbocycles. The molecule has 3 rings (SSSR count). The van der Waals surface area contributed by atoms with Gasteiger partial charge < -0.3 is 14.7 Å². The molecule has 23 heavy (non-hydrogen) atoms. The van der Waals surface area contributed by atoms with Crippen molar-refractivity contribution in [3.8, 4) is 0 Å². The van der Waals surface area contributed by atoms with Crippen LogP contribution in [-0.2, 0) is 19.7 Å². The van der Waals surface area contributed by atoms with E-state index in [1.54, 1.807) is 17.0 Å². The number of hydrogen-bond acceptors (Lipinski definition) is 3. The number of halogens is 1. The van der Waals surface area contributed by atoms with Gasteiger partial charge in [0, 0.05) is 25.2 Å². The number of carbonyl (C=O) groups is 2. The maximum atomic E-state index is 13.0. The molecule has 0 spiro atoms. The number of nitrogens with zero attached hydrogens (tertiary/aromatic N) is 1. The van der Waals surface area contributed by atoms with Crippen LogP contribution in [0.5, 0.6) is 0 Å². The summed E-state index contributed by atoms with van der Waals surface area (Å²) in [5.74, 6) is -0.870. The number of hydrogen-bond donors (Lipinski definition) is 1. The first-order valence-corrected chi connectivity index (χ1v) is 8.09. The van der Waals surface area contributed by atoms with Gasteiger partial charge in [0.05, 0.1) is 12.0 Å². The average molecular weight is 338 g/mol. The fourth-order valence-electron chi connectivity index (χ4n) is 3.50. The van der Waals surface area contributed by atoms with Gasteiger partial charge in [0.25, 0.3) is 0 Å². The van der Waals surface area contributed by atoms with Gasteiger partial charge in [-0.05, 0) is 37.0 Å². The second-order valence-electron chi connectivity index (χ2n) is 6.58. The minimum atomic E-state index is -0.986. The van der Waals surface area contributed by atoms with Crippen LogP contribution >= 0.6 is 11.6 Å². The van der Waals surface area contributed by atoms with Gasteiger partial charge in [-0.2, -0.15) is 0 Å². The standard InChI is InChI=1S/C17H20ClNO4/c1-23-11-16(15(21)22)8-9-19(10-16)14(20)17(6-7-17)12-2-4-13(18)5-3-12/h2-5H,6-11H2,1H3,(H,21,22). The third-order valence-corrected chi connectivity index (χ3v) is 5.32. The summed E-state index contributed by atoms with van der Waals surface area (Å²) in [7, 11) is 1.49. The maximum Gasteiger partial charge on any atom is 0.313 e. The Hall–Kier alpha value is -1.59. The summed E-state index contributed by atoms with van der Waals surface area (Å²) in [6.07, 6.45) is 2.03. The highest BCUT2D eigenvalue weighted by molar-refractivity contribution is 6.30. The molecule has 1 amide bonds. The smallest absolute Gasteiger partial charge is 0.313 e. The van der Waals surface area contributed by atoms with E-state index in [2.05, 4.69) is 0 Å². The molecule has 0 aromatic heterocycles. The SMILES string of the molecule is COCC1(C(=O)O)CCN(C(=O)C2(c3ccc(Cl)cc3)CC2)C1. The number of amides is 1. The molecule has 1 saturated carbocycles. The third kappa shape index (κ3) is 2.72. The fraction of sp³-hybridized carbons (Fsp3) is 0.529. The summed E-state index contributed by atoms with van der Waals surface area (Å²) in [6, 6.07) is 7.37. The molecule has 2 aliphatic rings. The zero-order chi connectivity index (χ0) is 16.7. The Kier molecular flexibility index (Phi) is 4.10. The lowest BCUT2D eigenvalue weighted by atomic mass is 9.88. The van der Waals surface area contributed by atoms with Crippen LogP contribution in [0.1, 0.15) is 24.8 Å². The molecule has 1 saturated heterocycles. The number of aliphatic carboxylic acids is 1. The summed E-state index contributed by atoms with van der Waals surface area (Å²) in [4.78, 5) is 26.3. The number of rotatable bonds is 5.